The molecule has 0 aliphatic rings. The van der Waals surface area contributed by atoms with Crippen LogP contribution in [0.1, 0.15) is 11.1 Å². The Morgan fingerprint density at radius 2 is 1.41 bits per heavy atom. The van der Waals surface area contributed by atoms with Crippen LogP contribution in [0.4, 0.5) is 0 Å². The molecule has 0 aliphatic heterocycles. The van der Waals surface area contributed by atoms with Gasteiger partial charge < -0.3 is 8.97 Å². The van der Waals surface area contributed by atoms with E-state index < -0.39 is 0 Å². The van der Waals surface area contributed by atoms with Crippen molar-refractivity contribution in [3.05, 3.63) is 32.9 Å². The van der Waals surface area contributed by atoms with Crippen molar-refractivity contribution >= 4 is 22.6 Å². The number of nitrogens with zero attached hydrogens (tertiary/aromatic N) is 2. The van der Waals surface area contributed by atoms with Crippen molar-refractivity contribution in [1.82, 2.24) is 0 Å². The van der Waals surface area contributed by atoms with Crippen LogP contribution in [0, 0.1) is 3.57 Å². The number of rotatable bonds is 4. The van der Waals surface area contributed by atoms with Gasteiger partial charge in [0.15, 0.2) is 0 Å². The van der Waals surface area contributed by atoms with Crippen molar-refractivity contribution in [2.75, 3.05) is 42.3 Å². The lowest BCUT2D eigenvalue weighted by atomic mass is 10.1. The summed E-state index contributed by atoms with van der Waals surface area (Å²) in [6.45, 7) is 2.17. The molecule has 0 fully saturated rings. The molecule has 0 unspecified atom stereocenters. The molecule has 0 atom stereocenters. The van der Waals surface area contributed by atoms with E-state index in [9.17, 15) is 0 Å². The van der Waals surface area contributed by atoms with E-state index in [4.69, 9.17) is 0 Å². The first kappa shape index (κ1) is 14.9. The lowest BCUT2D eigenvalue weighted by molar-refractivity contribution is -0.884. The lowest BCUT2D eigenvalue weighted by Crippen LogP contribution is -2.34. The second-order valence-electron chi connectivity index (χ2n) is 6.82. The maximum atomic E-state index is 2.46. The third-order valence-electron chi connectivity index (χ3n) is 2.42. The Bertz CT molecular complexity index is 386. The third kappa shape index (κ3) is 5.84. The molecule has 0 heterocycles. The molecule has 0 saturated carbocycles. The van der Waals surface area contributed by atoms with E-state index in [1.165, 1.54) is 14.7 Å². The van der Waals surface area contributed by atoms with E-state index in [-0.39, 0.29) is 0 Å². The van der Waals surface area contributed by atoms with Gasteiger partial charge >= 0.3 is 0 Å². The summed E-state index contributed by atoms with van der Waals surface area (Å²) in [5.41, 5.74) is 2.87. The number of hydrogen-bond acceptors (Lipinski definition) is 0. The van der Waals surface area contributed by atoms with E-state index in [0.29, 0.717) is 0 Å². The molecule has 0 spiro atoms. The summed E-state index contributed by atoms with van der Waals surface area (Å²) >= 11 is 2.46. The summed E-state index contributed by atoms with van der Waals surface area (Å²) in [6, 6.07) is 6.89. The van der Waals surface area contributed by atoms with Crippen molar-refractivity contribution in [1.29, 1.82) is 0 Å². The summed E-state index contributed by atoms with van der Waals surface area (Å²) in [5, 5.41) is 0. The molecule has 1 rings (SSSR count). The molecular weight excluding hydrogens is 323 g/mol. The standard InChI is InChI=1S/C14H25IN2/c1-16(2,3)10-12-7-8-13(14(15)9-12)11-17(4,5)6/h7-9H,10-11H2,1-6H3/q+2. The van der Waals surface area contributed by atoms with Gasteiger partial charge in [0, 0.05) is 14.7 Å². The van der Waals surface area contributed by atoms with Crippen LogP contribution in [0.15, 0.2) is 18.2 Å². The minimum atomic E-state index is 0.977. The Hall–Kier alpha value is -0.130. The van der Waals surface area contributed by atoms with E-state index >= 15 is 0 Å². The second kappa shape index (κ2) is 5.24. The van der Waals surface area contributed by atoms with E-state index in [0.717, 1.165) is 22.1 Å². The van der Waals surface area contributed by atoms with E-state index in [1.807, 2.05) is 0 Å². The molecule has 0 aliphatic carbocycles. The summed E-state index contributed by atoms with van der Waals surface area (Å²) in [4.78, 5) is 0. The number of quaternary nitrogens is 2. The van der Waals surface area contributed by atoms with Crippen molar-refractivity contribution in [2.24, 2.45) is 0 Å². The highest BCUT2D eigenvalue weighted by atomic mass is 127. The fourth-order valence-corrected chi connectivity index (χ4v) is 2.63. The van der Waals surface area contributed by atoms with Gasteiger partial charge in [-0.3, -0.25) is 0 Å². The highest BCUT2D eigenvalue weighted by Crippen LogP contribution is 2.19. The number of halogens is 1. The minimum absolute atomic E-state index is 0.977. The number of hydrogen-bond donors (Lipinski definition) is 0. The van der Waals surface area contributed by atoms with Crippen molar-refractivity contribution < 1.29 is 8.97 Å². The minimum Gasteiger partial charge on any atom is -0.327 e. The fourth-order valence-electron chi connectivity index (χ4n) is 1.88. The first-order chi connectivity index (χ1) is 7.57. The molecule has 96 valence electrons. The molecule has 3 heteroatoms. The molecule has 0 aromatic heterocycles. The first-order valence-corrected chi connectivity index (χ1v) is 7.03. The van der Waals surface area contributed by atoms with Gasteiger partial charge in [-0.05, 0) is 28.7 Å². The average Bonchev–Trinajstić information content (AvgIpc) is 2.05. The normalized spacial score (nSPS) is 12.9. The monoisotopic (exact) mass is 348 g/mol. The molecule has 0 saturated heterocycles. The van der Waals surface area contributed by atoms with Gasteiger partial charge in [0.05, 0.1) is 42.3 Å². The zero-order chi connectivity index (χ0) is 13.3. The highest BCUT2D eigenvalue weighted by molar-refractivity contribution is 14.1. The van der Waals surface area contributed by atoms with E-state index in [2.05, 4.69) is 83.1 Å². The molecule has 1 aromatic carbocycles. The van der Waals surface area contributed by atoms with Crippen molar-refractivity contribution in [3.63, 3.8) is 0 Å². The van der Waals surface area contributed by atoms with Crippen LogP contribution in [0.2, 0.25) is 0 Å². The predicted octanol–water partition coefficient (Wildman–Crippen LogP) is 2.70. The largest absolute Gasteiger partial charge is 0.327 e. The SMILES string of the molecule is C[N+](C)(C)Cc1ccc(C[N+](C)(C)C)c(I)c1. The molecule has 0 N–H and O–H groups in total. The Balaban J connectivity index is 2.87. The molecule has 1 aromatic rings. The van der Waals surface area contributed by atoms with Crippen molar-refractivity contribution in [2.45, 2.75) is 13.1 Å². The van der Waals surface area contributed by atoms with Crippen LogP contribution in [0.3, 0.4) is 0 Å². The molecule has 0 bridgehead atoms. The lowest BCUT2D eigenvalue weighted by Gasteiger charge is -2.26. The zero-order valence-electron chi connectivity index (χ0n) is 11.9. The van der Waals surface area contributed by atoms with Gasteiger partial charge in [-0.1, -0.05) is 12.1 Å². The van der Waals surface area contributed by atoms with Crippen LogP contribution in [-0.2, 0) is 13.1 Å². The van der Waals surface area contributed by atoms with Crippen LogP contribution < -0.4 is 0 Å². The second-order valence-corrected chi connectivity index (χ2v) is 7.98. The van der Waals surface area contributed by atoms with Gasteiger partial charge in [0.2, 0.25) is 0 Å². The number of benzene rings is 1. The molecule has 0 radical (unpaired) electrons. The molecular formula is C14H25IN2+2. The summed E-state index contributed by atoms with van der Waals surface area (Å²) < 4.78 is 3.34. The van der Waals surface area contributed by atoms with Gasteiger partial charge in [0.25, 0.3) is 0 Å². The Labute approximate surface area is 120 Å². The fraction of sp³-hybridized carbons (Fsp3) is 0.571. The topological polar surface area (TPSA) is 0 Å². The Morgan fingerprint density at radius 3 is 1.82 bits per heavy atom. The van der Waals surface area contributed by atoms with Crippen LogP contribution in [-0.4, -0.2) is 51.3 Å². The van der Waals surface area contributed by atoms with Crippen molar-refractivity contribution in [3.8, 4) is 0 Å². The first-order valence-electron chi connectivity index (χ1n) is 5.95. The van der Waals surface area contributed by atoms with Gasteiger partial charge in [-0.2, -0.15) is 0 Å². The molecule has 0 amide bonds. The van der Waals surface area contributed by atoms with Crippen LogP contribution >= 0.6 is 22.6 Å². The average molecular weight is 348 g/mol. The van der Waals surface area contributed by atoms with Crippen LogP contribution in [0.25, 0.3) is 0 Å². The smallest absolute Gasteiger partial charge is 0.105 e. The predicted molar refractivity (Wildman–Crippen MR) is 82.6 cm³/mol. The molecule has 2 nitrogen and oxygen atoms in total. The summed E-state index contributed by atoms with van der Waals surface area (Å²) in [6.07, 6.45) is 0. The Kier molecular flexibility index (Phi) is 4.60. The maximum Gasteiger partial charge on any atom is 0.105 e. The highest BCUT2D eigenvalue weighted by Gasteiger charge is 2.14. The third-order valence-corrected chi connectivity index (χ3v) is 3.42. The zero-order valence-corrected chi connectivity index (χ0v) is 14.1. The van der Waals surface area contributed by atoms with Gasteiger partial charge in [-0.15, -0.1) is 0 Å². The van der Waals surface area contributed by atoms with E-state index in [1.54, 1.807) is 0 Å². The summed E-state index contributed by atoms with van der Waals surface area (Å²) in [5.74, 6) is 0. The molecule has 17 heavy (non-hydrogen) atoms. The maximum absolute atomic E-state index is 2.46. The van der Waals surface area contributed by atoms with Gasteiger partial charge in [0.1, 0.15) is 13.1 Å². The van der Waals surface area contributed by atoms with Crippen LogP contribution in [0.5, 0.6) is 0 Å². The Morgan fingerprint density at radius 1 is 0.882 bits per heavy atom. The quantitative estimate of drug-likeness (QED) is 0.580. The summed E-state index contributed by atoms with van der Waals surface area (Å²) in [7, 11) is 13.4. The van der Waals surface area contributed by atoms with Gasteiger partial charge in [-0.25, -0.2) is 0 Å².